The predicted octanol–water partition coefficient (Wildman–Crippen LogP) is 6.19. The first-order chi connectivity index (χ1) is 17.2. The molecule has 6 heteroatoms. The molecule has 0 radical (unpaired) electrons. The summed E-state index contributed by atoms with van der Waals surface area (Å²) in [5.41, 5.74) is 9.27. The van der Waals surface area contributed by atoms with Gasteiger partial charge in [0.25, 0.3) is 0 Å². The minimum atomic E-state index is -0.951. The molecule has 4 aromatic rings. The highest BCUT2D eigenvalue weighted by Crippen LogP contribution is 2.36. The van der Waals surface area contributed by atoms with Gasteiger partial charge >= 0.3 is 5.97 Å². The number of carboxylic acids is 1. The Hall–Kier alpha value is -4.71. The average Bonchev–Trinajstić information content (AvgIpc) is 3.36. The Bertz CT molecular complexity index is 1350. The maximum atomic E-state index is 11.0. The van der Waals surface area contributed by atoms with E-state index in [0.717, 1.165) is 28.9 Å². The molecule has 0 aromatic heterocycles. The maximum Gasteiger partial charge on any atom is 0.335 e. The maximum absolute atomic E-state index is 11.0. The number of hydrogen-bond acceptors (Lipinski definition) is 5. The minimum absolute atomic E-state index is 0.126. The van der Waals surface area contributed by atoms with E-state index in [4.69, 9.17) is 10.2 Å². The lowest BCUT2D eigenvalue weighted by Crippen LogP contribution is -2.18. The Morgan fingerprint density at radius 3 is 2.20 bits per heavy atom. The van der Waals surface area contributed by atoms with E-state index in [1.165, 1.54) is 5.56 Å². The van der Waals surface area contributed by atoms with E-state index in [0.29, 0.717) is 5.69 Å². The van der Waals surface area contributed by atoms with E-state index < -0.39 is 5.97 Å². The summed E-state index contributed by atoms with van der Waals surface area (Å²) in [5, 5.41) is 20.4. The van der Waals surface area contributed by atoms with Crippen molar-refractivity contribution in [2.75, 3.05) is 10.4 Å². The molecule has 6 nitrogen and oxygen atoms in total. The fraction of sp³-hybridized carbons (Fsp3) is 0.0690. The normalized spacial score (nSPS) is 15.3. The molecule has 0 unspecified atom stereocenters. The van der Waals surface area contributed by atoms with Crippen LogP contribution in [0.4, 0.5) is 11.4 Å². The van der Waals surface area contributed by atoms with Gasteiger partial charge in [0, 0.05) is 6.42 Å². The summed E-state index contributed by atoms with van der Waals surface area (Å²) in [4.78, 5) is 11.0. The van der Waals surface area contributed by atoms with E-state index in [1.54, 1.807) is 30.5 Å². The number of benzene rings is 4. The third-order valence-corrected chi connectivity index (χ3v) is 5.90. The first-order valence-corrected chi connectivity index (χ1v) is 11.4. The van der Waals surface area contributed by atoms with Crippen molar-refractivity contribution in [3.05, 3.63) is 131 Å². The zero-order valence-corrected chi connectivity index (χ0v) is 19.0. The van der Waals surface area contributed by atoms with Crippen LogP contribution in [0.25, 0.3) is 0 Å². The van der Waals surface area contributed by atoms with Gasteiger partial charge in [-0.25, -0.2) is 4.79 Å². The molecule has 5 rings (SSSR count). The summed E-state index contributed by atoms with van der Waals surface area (Å²) in [5.74, 6) is -0.951. The average molecular weight is 461 g/mol. The number of nitrogens with zero attached hydrogens (tertiary/aromatic N) is 3. The van der Waals surface area contributed by atoms with E-state index in [2.05, 4.69) is 64.1 Å². The van der Waals surface area contributed by atoms with Gasteiger partial charge in [-0.2, -0.15) is 10.2 Å². The molecule has 1 aliphatic heterocycles. The lowest BCUT2D eigenvalue weighted by Gasteiger charge is -2.24. The number of hydrazone groups is 2. The fourth-order valence-corrected chi connectivity index (χ4v) is 4.07. The quantitative estimate of drug-likeness (QED) is 0.255. The van der Waals surface area contributed by atoms with Crippen LogP contribution in [0.3, 0.4) is 0 Å². The molecule has 2 N–H and O–H groups in total. The van der Waals surface area contributed by atoms with Crippen molar-refractivity contribution < 1.29 is 9.90 Å². The van der Waals surface area contributed by atoms with Gasteiger partial charge in [0.15, 0.2) is 0 Å². The number of nitrogens with one attached hydrogen (secondary N) is 1. The van der Waals surface area contributed by atoms with Crippen molar-refractivity contribution in [3.63, 3.8) is 0 Å². The van der Waals surface area contributed by atoms with Crippen LogP contribution in [-0.4, -0.2) is 23.0 Å². The summed E-state index contributed by atoms with van der Waals surface area (Å²) in [7, 11) is 0. The molecule has 4 aromatic carbocycles. The number of aromatic carboxylic acids is 1. The highest BCUT2D eigenvalue weighted by Gasteiger charge is 2.29. The molecule has 172 valence electrons. The van der Waals surface area contributed by atoms with Crippen molar-refractivity contribution in [1.29, 1.82) is 0 Å². The predicted molar refractivity (Wildman–Crippen MR) is 140 cm³/mol. The third-order valence-electron chi connectivity index (χ3n) is 5.90. The number of hydrogen-bond donors (Lipinski definition) is 2. The van der Waals surface area contributed by atoms with Gasteiger partial charge in [-0.05, 0) is 53.1 Å². The Balaban J connectivity index is 1.33. The first-order valence-electron chi connectivity index (χ1n) is 11.4. The van der Waals surface area contributed by atoms with Crippen molar-refractivity contribution >= 4 is 29.3 Å². The Morgan fingerprint density at radius 2 is 1.54 bits per heavy atom. The van der Waals surface area contributed by atoms with Gasteiger partial charge in [-0.15, -0.1) is 0 Å². The second-order valence-corrected chi connectivity index (χ2v) is 8.23. The van der Waals surface area contributed by atoms with Crippen LogP contribution in [0, 0.1) is 0 Å². The molecule has 35 heavy (non-hydrogen) atoms. The second kappa shape index (κ2) is 10.1. The number of carboxylic acid groups (broad SMARTS) is 1. The molecule has 0 spiro atoms. The van der Waals surface area contributed by atoms with Crippen LogP contribution in [0.15, 0.2) is 119 Å². The molecule has 1 heterocycles. The first kappa shape index (κ1) is 22.1. The molecule has 0 saturated carbocycles. The highest BCUT2D eigenvalue weighted by molar-refractivity contribution is 6.03. The van der Waals surface area contributed by atoms with Crippen molar-refractivity contribution in [3.8, 4) is 0 Å². The van der Waals surface area contributed by atoms with Crippen LogP contribution in [0.5, 0.6) is 0 Å². The number of anilines is 2. The van der Waals surface area contributed by atoms with Gasteiger partial charge in [-0.3, -0.25) is 10.4 Å². The number of carbonyl (C=O) groups is 1. The lowest BCUT2D eigenvalue weighted by molar-refractivity contribution is 0.0697. The summed E-state index contributed by atoms with van der Waals surface area (Å²) >= 11 is 0. The van der Waals surface area contributed by atoms with Crippen LogP contribution >= 0.6 is 0 Å². The molecular formula is C29H24N4O2. The van der Waals surface area contributed by atoms with Crippen LogP contribution in [-0.2, 0) is 0 Å². The molecule has 1 atom stereocenters. The molecule has 0 saturated heterocycles. The Morgan fingerprint density at radius 1 is 0.886 bits per heavy atom. The second-order valence-electron chi connectivity index (χ2n) is 8.23. The van der Waals surface area contributed by atoms with Gasteiger partial charge in [0.1, 0.15) is 0 Å². The van der Waals surface area contributed by atoms with Crippen molar-refractivity contribution in [2.24, 2.45) is 10.2 Å². The van der Waals surface area contributed by atoms with Crippen molar-refractivity contribution in [1.82, 2.24) is 0 Å². The molecule has 0 amide bonds. The number of rotatable bonds is 7. The standard InChI is InChI=1S/C29H24N4O2/c34-29(35)24-13-15-25(16-14-24)31-30-20-21-11-17-26(18-12-21)33-28(23-9-5-2-6-10-23)19-27(32-33)22-7-3-1-4-8-22/h1-18,20,28,31H,19H2,(H,34,35)/b30-20-/t28-/m0/s1. The highest BCUT2D eigenvalue weighted by atomic mass is 16.4. The van der Waals surface area contributed by atoms with Gasteiger partial charge < -0.3 is 5.11 Å². The Kier molecular flexibility index (Phi) is 6.35. The zero-order chi connectivity index (χ0) is 24.0. The topological polar surface area (TPSA) is 77.3 Å². The van der Waals surface area contributed by atoms with E-state index >= 15 is 0 Å². The molecule has 0 aliphatic carbocycles. The summed E-state index contributed by atoms with van der Waals surface area (Å²) in [6.45, 7) is 0. The summed E-state index contributed by atoms with van der Waals surface area (Å²) < 4.78 is 0. The van der Waals surface area contributed by atoms with E-state index in [-0.39, 0.29) is 11.6 Å². The summed E-state index contributed by atoms with van der Waals surface area (Å²) in [6.07, 6.45) is 2.56. The smallest absolute Gasteiger partial charge is 0.335 e. The van der Waals surface area contributed by atoms with Gasteiger partial charge in [0.05, 0.1) is 34.9 Å². The van der Waals surface area contributed by atoms with Crippen LogP contribution in [0.2, 0.25) is 0 Å². The van der Waals surface area contributed by atoms with Crippen molar-refractivity contribution in [2.45, 2.75) is 12.5 Å². The molecule has 0 fully saturated rings. The fourth-order valence-electron chi connectivity index (χ4n) is 4.07. The van der Waals surface area contributed by atoms with Gasteiger partial charge in [0.2, 0.25) is 0 Å². The van der Waals surface area contributed by atoms with Gasteiger partial charge in [-0.1, -0.05) is 72.8 Å². The third kappa shape index (κ3) is 5.12. The zero-order valence-electron chi connectivity index (χ0n) is 19.0. The Labute approximate surface area is 203 Å². The monoisotopic (exact) mass is 460 g/mol. The van der Waals surface area contributed by atoms with Crippen LogP contribution < -0.4 is 10.4 Å². The lowest BCUT2D eigenvalue weighted by atomic mass is 9.98. The SMILES string of the molecule is O=C(O)c1ccc(N/N=C\c2ccc(N3N=C(c4ccccc4)C[C@H]3c3ccccc3)cc2)cc1. The van der Waals surface area contributed by atoms with E-state index in [1.807, 2.05) is 36.4 Å². The summed E-state index contributed by atoms with van der Waals surface area (Å²) in [6, 6.07) is 35.5. The molecule has 1 aliphatic rings. The van der Waals surface area contributed by atoms with Crippen LogP contribution in [0.1, 0.15) is 39.5 Å². The van der Waals surface area contributed by atoms with E-state index in [9.17, 15) is 4.79 Å². The molecule has 0 bridgehead atoms. The molecular weight excluding hydrogens is 436 g/mol. The largest absolute Gasteiger partial charge is 0.478 e. The minimum Gasteiger partial charge on any atom is -0.478 e.